The zero-order valence-electron chi connectivity index (χ0n) is 15.6. The van der Waals surface area contributed by atoms with Gasteiger partial charge < -0.3 is 15.5 Å². The Hall–Kier alpha value is -2.12. The molecule has 8 heteroatoms. The van der Waals surface area contributed by atoms with Crippen LogP contribution in [-0.2, 0) is 9.59 Å². The van der Waals surface area contributed by atoms with Crippen LogP contribution >= 0.6 is 11.6 Å². The largest absolute Gasteiger partial charge is 0.333 e. The molecule has 0 bridgehead atoms. The fraction of sp³-hybridized carbons (Fsp3) is 0.526. The number of imide groups is 1. The van der Waals surface area contributed by atoms with Gasteiger partial charge in [-0.15, -0.1) is 0 Å². The number of piperazine rings is 1. The van der Waals surface area contributed by atoms with Crippen molar-refractivity contribution >= 4 is 29.4 Å². The maximum Gasteiger partial charge on any atom is 0.325 e. The number of urea groups is 1. The van der Waals surface area contributed by atoms with Gasteiger partial charge in [0.2, 0.25) is 5.91 Å². The molecule has 3 rings (SSSR count). The van der Waals surface area contributed by atoms with Crippen molar-refractivity contribution in [1.82, 2.24) is 20.4 Å². The molecule has 0 aromatic heterocycles. The molecule has 2 heterocycles. The fourth-order valence-electron chi connectivity index (χ4n) is 3.58. The molecule has 2 saturated heterocycles. The lowest BCUT2D eigenvalue weighted by atomic mass is 10.0. The lowest BCUT2D eigenvalue weighted by Crippen LogP contribution is -2.48. The van der Waals surface area contributed by atoms with Crippen LogP contribution in [0.15, 0.2) is 24.3 Å². The van der Waals surface area contributed by atoms with Gasteiger partial charge in [-0.25, -0.2) is 4.79 Å². The van der Waals surface area contributed by atoms with Gasteiger partial charge in [-0.2, -0.15) is 0 Å². The Bertz CT molecular complexity index is 752. The highest BCUT2D eigenvalue weighted by Gasteiger charge is 2.43. The lowest BCUT2D eigenvalue weighted by Gasteiger charge is -2.37. The topological polar surface area (TPSA) is 81.8 Å². The van der Waals surface area contributed by atoms with Crippen molar-refractivity contribution < 1.29 is 14.4 Å². The first-order valence-electron chi connectivity index (χ1n) is 9.20. The molecule has 1 unspecified atom stereocenters. The van der Waals surface area contributed by atoms with Crippen LogP contribution < -0.4 is 10.6 Å². The zero-order valence-corrected chi connectivity index (χ0v) is 16.4. The highest BCUT2D eigenvalue weighted by atomic mass is 35.5. The van der Waals surface area contributed by atoms with E-state index in [1.54, 1.807) is 13.8 Å². The molecule has 2 N–H and O–H groups in total. The molecule has 1 aromatic carbocycles. The average molecular weight is 393 g/mol. The van der Waals surface area contributed by atoms with Crippen LogP contribution in [0.5, 0.6) is 0 Å². The number of nitrogens with zero attached hydrogens (tertiary/aromatic N) is 2. The van der Waals surface area contributed by atoms with Crippen molar-refractivity contribution in [2.24, 2.45) is 0 Å². The van der Waals surface area contributed by atoms with Gasteiger partial charge in [0.05, 0.1) is 6.04 Å². The average Bonchev–Trinajstić information content (AvgIpc) is 2.83. The van der Waals surface area contributed by atoms with Gasteiger partial charge in [0.25, 0.3) is 5.91 Å². The van der Waals surface area contributed by atoms with E-state index in [9.17, 15) is 14.4 Å². The molecular weight excluding hydrogens is 368 g/mol. The predicted octanol–water partition coefficient (Wildman–Crippen LogP) is 1.92. The molecule has 0 saturated carbocycles. The van der Waals surface area contributed by atoms with Gasteiger partial charge in [-0.3, -0.25) is 14.5 Å². The van der Waals surface area contributed by atoms with E-state index in [1.807, 2.05) is 29.2 Å². The number of carbonyl (C=O) groups excluding carboxylic acids is 3. The number of carbonyl (C=O) groups is 3. The van der Waals surface area contributed by atoms with Crippen LogP contribution in [0.25, 0.3) is 0 Å². The van der Waals surface area contributed by atoms with E-state index in [1.165, 1.54) is 4.90 Å². The summed E-state index contributed by atoms with van der Waals surface area (Å²) in [6.45, 7) is 5.57. The van der Waals surface area contributed by atoms with Crippen molar-refractivity contribution in [2.45, 2.75) is 38.3 Å². The van der Waals surface area contributed by atoms with Crippen LogP contribution in [0.4, 0.5) is 4.79 Å². The molecule has 1 atom stereocenters. The van der Waals surface area contributed by atoms with Gasteiger partial charge in [0, 0.05) is 37.6 Å². The summed E-state index contributed by atoms with van der Waals surface area (Å²) in [6.07, 6.45) is 0.714. The molecule has 2 aliphatic heterocycles. The minimum Gasteiger partial charge on any atom is -0.333 e. The summed E-state index contributed by atoms with van der Waals surface area (Å²) >= 11 is 6.32. The maximum atomic E-state index is 12.8. The third kappa shape index (κ3) is 4.09. The van der Waals surface area contributed by atoms with E-state index in [4.69, 9.17) is 11.6 Å². The van der Waals surface area contributed by atoms with Crippen molar-refractivity contribution in [1.29, 1.82) is 0 Å². The summed E-state index contributed by atoms with van der Waals surface area (Å²) in [4.78, 5) is 40.0. The molecule has 7 nitrogen and oxygen atoms in total. The summed E-state index contributed by atoms with van der Waals surface area (Å²) in [5, 5.41) is 6.60. The first kappa shape index (κ1) is 19.6. The third-order valence-electron chi connectivity index (χ3n) is 5.04. The molecular formula is C19H25ClN4O3. The molecule has 0 aliphatic carbocycles. The van der Waals surface area contributed by atoms with Crippen molar-refractivity contribution in [2.75, 3.05) is 26.2 Å². The summed E-state index contributed by atoms with van der Waals surface area (Å²) < 4.78 is 0. The quantitative estimate of drug-likeness (QED) is 0.750. The molecule has 4 amide bonds. The highest BCUT2D eigenvalue weighted by molar-refractivity contribution is 6.31. The fourth-order valence-corrected chi connectivity index (χ4v) is 3.84. The Morgan fingerprint density at radius 2 is 2.04 bits per heavy atom. The Kier molecular flexibility index (Phi) is 5.72. The van der Waals surface area contributed by atoms with Crippen LogP contribution in [0.1, 0.15) is 38.3 Å². The van der Waals surface area contributed by atoms with Gasteiger partial charge in [0.1, 0.15) is 5.54 Å². The van der Waals surface area contributed by atoms with Gasteiger partial charge in [-0.1, -0.05) is 29.8 Å². The SMILES string of the molecule is CC1(C)NC(=O)N(CCCC(=O)N2CCNCC2c2ccccc2Cl)C1=O. The number of nitrogens with one attached hydrogen (secondary N) is 2. The van der Waals surface area contributed by atoms with Crippen LogP contribution in [0, 0.1) is 0 Å². The van der Waals surface area contributed by atoms with E-state index in [0.29, 0.717) is 24.5 Å². The molecule has 2 fully saturated rings. The summed E-state index contributed by atoms with van der Waals surface area (Å²) in [5.74, 6) is -0.246. The smallest absolute Gasteiger partial charge is 0.325 e. The molecule has 0 radical (unpaired) electrons. The second-order valence-electron chi connectivity index (χ2n) is 7.44. The predicted molar refractivity (Wildman–Crippen MR) is 102 cm³/mol. The monoisotopic (exact) mass is 392 g/mol. The second-order valence-corrected chi connectivity index (χ2v) is 7.85. The normalized spacial score (nSPS) is 22.1. The van der Waals surface area contributed by atoms with E-state index >= 15 is 0 Å². The highest BCUT2D eigenvalue weighted by Crippen LogP contribution is 2.29. The summed E-state index contributed by atoms with van der Waals surface area (Å²) in [5.41, 5.74) is 0.0463. The van der Waals surface area contributed by atoms with Crippen molar-refractivity contribution in [3.05, 3.63) is 34.9 Å². The van der Waals surface area contributed by atoms with Crippen LogP contribution in [-0.4, -0.2) is 59.4 Å². The summed E-state index contributed by atoms with van der Waals surface area (Å²) in [7, 11) is 0. The molecule has 146 valence electrons. The van der Waals surface area contributed by atoms with Gasteiger partial charge in [0.15, 0.2) is 0 Å². The number of rotatable bonds is 5. The standard InChI is InChI=1S/C19H25ClN4O3/c1-19(2)17(26)24(18(27)22-19)10-5-8-16(25)23-11-9-21-12-15(23)13-6-3-4-7-14(13)20/h3-4,6-7,15,21H,5,8-12H2,1-2H3,(H,22,27). The van der Waals surface area contributed by atoms with E-state index in [0.717, 1.165) is 12.1 Å². The van der Waals surface area contributed by atoms with Crippen LogP contribution in [0.2, 0.25) is 5.02 Å². The van der Waals surface area contributed by atoms with Gasteiger partial charge >= 0.3 is 6.03 Å². The van der Waals surface area contributed by atoms with Crippen LogP contribution in [0.3, 0.4) is 0 Å². The lowest BCUT2D eigenvalue weighted by molar-refractivity contribution is -0.135. The van der Waals surface area contributed by atoms with E-state index in [2.05, 4.69) is 10.6 Å². The number of amides is 4. The Labute approximate surface area is 164 Å². The maximum absolute atomic E-state index is 12.8. The van der Waals surface area contributed by atoms with Crippen molar-refractivity contribution in [3.63, 3.8) is 0 Å². The first-order valence-corrected chi connectivity index (χ1v) is 9.58. The number of benzene rings is 1. The Morgan fingerprint density at radius 1 is 1.30 bits per heavy atom. The number of hydrogen-bond donors (Lipinski definition) is 2. The number of hydrogen-bond acceptors (Lipinski definition) is 4. The van der Waals surface area contributed by atoms with E-state index in [-0.39, 0.29) is 30.8 Å². The Morgan fingerprint density at radius 3 is 2.70 bits per heavy atom. The van der Waals surface area contributed by atoms with Crippen molar-refractivity contribution in [3.8, 4) is 0 Å². The number of halogens is 1. The minimum absolute atomic E-state index is 0.00716. The molecule has 27 heavy (non-hydrogen) atoms. The third-order valence-corrected chi connectivity index (χ3v) is 5.39. The van der Waals surface area contributed by atoms with E-state index < -0.39 is 11.6 Å². The summed E-state index contributed by atoms with van der Waals surface area (Å²) in [6, 6.07) is 7.04. The molecule has 0 spiro atoms. The zero-order chi connectivity index (χ0) is 19.6. The second kappa shape index (κ2) is 7.86. The minimum atomic E-state index is -0.880. The first-order chi connectivity index (χ1) is 12.8. The molecule has 2 aliphatic rings. The Balaban J connectivity index is 1.60. The molecule has 1 aromatic rings. The van der Waals surface area contributed by atoms with Gasteiger partial charge in [-0.05, 0) is 31.9 Å².